The van der Waals surface area contributed by atoms with Crippen molar-refractivity contribution >= 4 is 28.2 Å². The summed E-state index contributed by atoms with van der Waals surface area (Å²) in [4.78, 5) is 16.7. The number of aliphatic hydroxyl groups is 1. The number of carbonyl (C=O) groups excluding carboxylic acids is 1. The predicted molar refractivity (Wildman–Crippen MR) is 144 cm³/mol. The van der Waals surface area contributed by atoms with E-state index < -0.39 is 0 Å². The highest BCUT2D eigenvalue weighted by molar-refractivity contribution is 5.97. The van der Waals surface area contributed by atoms with Crippen molar-refractivity contribution in [3.05, 3.63) is 96.3 Å². The van der Waals surface area contributed by atoms with Crippen LogP contribution in [0.3, 0.4) is 0 Å². The van der Waals surface area contributed by atoms with Gasteiger partial charge >= 0.3 is 0 Å². The van der Waals surface area contributed by atoms with Crippen LogP contribution in [0, 0.1) is 6.92 Å². The van der Waals surface area contributed by atoms with Gasteiger partial charge in [-0.05, 0) is 42.3 Å². The third-order valence-corrected chi connectivity index (χ3v) is 6.17. The number of hydrogen-bond acceptors (Lipinski definition) is 5. The summed E-state index contributed by atoms with van der Waals surface area (Å²) in [6.45, 7) is 3.40. The molecule has 5 rings (SSSR count). The topological polar surface area (TPSA) is 103 Å². The van der Waals surface area contributed by atoms with E-state index in [0.717, 1.165) is 50.2 Å². The molecule has 3 aromatic carbocycles. The Morgan fingerprint density at radius 1 is 1.00 bits per heavy atom. The van der Waals surface area contributed by atoms with Crippen molar-refractivity contribution in [1.82, 2.24) is 15.2 Å². The number of carbonyl (C=O) groups is 1. The van der Waals surface area contributed by atoms with E-state index >= 15 is 0 Å². The minimum absolute atomic E-state index is 0.0629. The Morgan fingerprint density at radius 3 is 2.56 bits per heavy atom. The largest absolute Gasteiger partial charge is 0.394 e. The lowest BCUT2D eigenvalue weighted by Crippen LogP contribution is -2.15. The standard InChI is InChI=1S/C29H27N5O2/c1-18-24-14-21(12-13-27(24)34-33-18)25-15-22(32-28(17-35)20-8-4-3-5-9-20)16-30-29(25)23-10-6-7-11-26(23)31-19(2)36/h3-16,28,32,35H,17H2,1-2H3,(H,31,36)(H,33,34). The van der Waals surface area contributed by atoms with Gasteiger partial charge < -0.3 is 15.7 Å². The number of aliphatic hydroxyl groups excluding tert-OH is 1. The number of rotatable bonds is 7. The molecule has 2 heterocycles. The number of nitrogens with one attached hydrogen (secondary N) is 3. The summed E-state index contributed by atoms with van der Waals surface area (Å²) >= 11 is 0. The first kappa shape index (κ1) is 23.3. The molecule has 4 N–H and O–H groups in total. The van der Waals surface area contributed by atoms with Crippen LogP contribution in [0.25, 0.3) is 33.3 Å². The van der Waals surface area contributed by atoms with E-state index in [1.165, 1.54) is 6.92 Å². The monoisotopic (exact) mass is 477 g/mol. The van der Waals surface area contributed by atoms with E-state index in [-0.39, 0.29) is 18.6 Å². The van der Waals surface area contributed by atoms with Gasteiger partial charge in [-0.2, -0.15) is 5.10 Å². The Balaban J connectivity index is 1.65. The molecule has 36 heavy (non-hydrogen) atoms. The Hall–Kier alpha value is -4.49. The quantitative estimate of drug-likeness (QED) is 0.241. The molecule has 0 bridgehead atoms. The van der Waals surface area contributed by atoms with Crippen LogP contribution in [-0.2, 0) is 4.79 Å². The van der Waals surface area contributed by atoms with Gasteiger partial charge in [0.15, 0.2) is 0 Å². The smallest absolute Gasteiger partial charge is 0.221 e. The van der Waals surface area contributed by atoms with Crippen LogP contribution in [0.4, 0.5) is 11.4 Å². The number of hydrogen-bond donors (Lipinski definition) is 4. The molecule has 1 amide bonds. The van der Waals surface area contributed by atoms with Crippen LogP contribution >= 0.6 is 0 Å². The van der Waals surface area contributed by atoms with Gasteiger partial charge in [-0.1, -0.05) is 54.6 Å². The third-order valence-electron chi connectivity index (χ3n) is 6.17. The van der Waals surface area contributed by atoms with Gasteiger partial charge in [-0.25, -0.2) is 0 Å². The van der Waals surface area contributed by atoms with E-state index in [0.29, 0.717) is 5.69 Å². The Bertz CT molecular complexity index is 1530. The summed E-state index contributed by atoms with van der Waals surface area (Å²) in [5.74, 6) is -0.147. The number of aromatic nitrogens is 3. The molecule has 180 valence electrons. The third kappa shape index (κ3) is 4.69. The second kappa shape index (κ2) is 10.0. The van der Waals surface area contributed by atoms with Crippen molar-refractivity contribution in [1.29, 1.82) is 0 Å². The van der Waals surface area contributed by atoms with Crippen LogP contribution in [0.5, 0.6) is 0 Å². The number of aromatic amines is 1. The van der Waals surface area contributed by atoms with Crippen molar-refractivity contribution in [3.63, 3.8) is 0 Å². The van der Waals surface area contributed by atoms with E-state index in [2.05, 4.69) is 26.9 Å². The summed E-state index contributed by atoms with van der Waals surface area (Å²) in [6, 6.07) is 25.4. The number of H-pyrrole nitrogens is 1. The number of nitrogens with zero attached hydrogens (tertiary/aromatic N) is 2. The molecule has 7 heteroatoms. The van der Waals surface area contributed by atoms with Gasteiger partial charge in [0.2, 0.25) is 5.91 Å². The SMILES string of the molecule is CC(=O)Nc1ccccc1-c1ncc(NC(CO)c2ccccc2)cc1-c1ccc2[nH]nc(C)c2c1. The van der Waals surface area contributed by atoms with Crippen LogP contribution in [0.1, 0.15) is 24.2 Å². The van der Waals surface area contributed by atoms with E-state index in [1.54, 1.807) is 6.20 Å². The first-order valence-corrected chi connectivity index (χ1v) is 11.8. The summed E-state index contributed by atoms with van der Waals surface area (Å²) in [5.41, 5.74) is 7.75. The van der Waals surface area contributed by atoms with Crippen molar-refractivity contribution in [2.45, 2.75) is 19.9 Å². The molecule has 5 aromatic rings. The fraction of sp³-hybridized carbons (Fsp3) is 0.138. The fourth-order valence-electron chi connectivity index (χ4n) is 4.40. The lowest BCUT2D eigenvalue weighted by molar-refractivity contribution is -0.114. The van der Waals surface area contributed by atoms with Gasteiger partial charge in [-0.15, -0.1) is 0 Å². The zero-order valence-corrected chi connectivity index (χ0v) is 20.1. The lowest BCUT2D eigenvalue weighted by atomic mass is 9.96. The van der Waals surface area contributed by atoms with Gasteiger partial charge in [0.1, 0.15) is 0 Å². The first-order valence-electron chi connectivity index (χ1n) is 11.8. The van der Waals surface area contributed by atoms with E-state index in [1.807, 2.05) is 79.7 Å². The summed E-state index contributed by atoms with van der Waals surface area (Å²) < 4.78 is 0. The number of pyridine rings is 1. The average Bonchev–Trinajstić information content (AvgIpc) is 3.27. The molecular formula is C29H27N5O2. The zero-order valence-electron chi connectivity index (χ0n) is 20.1. The molecule has 2 aromatic heterocycles. The number of fused-ring (bicyclic) bond motifs is 1. The van der Waals surface area contributed by atoms with E-state index in [4.69, 9.17) is 4.98 Å². The molecule has 0 saturated heterocycles. The number of anilines is 2. The highest BCUT2D eigenvalue weighted by Gasteiger charge is 2.17. The number of para-hydroxylation sites is 1. The Labute approximate surface area is 209 Å². The molecular weight excluding hydrogens is 450 g/mol. The summed E-state index contributed by atoms with van der Waals surface area (Å²) in [7, 11) is 0. The van der Waals surface area contributed by atoms with Gasteiger partial charge in [0.05, 0.1) is 47.1 Å². The molecule has 0 aliphatic rings. The van der Waals surface area contributed by atoms with Crippen LogP contribution in [-0.4, -0.2) is 32.8 Å². The number of benzene rings is 3. The fourth-order valence-corrected chi connectivity index (χ4v) is 4.40. The summed E-state index contributed by atoms with van der Waals surface area (Å²) in [6.07, 6.45) is 1.76. The minimum atomic E-state index is -0.281. The Morgan fingerprint density at radius 2 is 1.78 bits per heavy atom. The Kier molecular flexibility index (Phi) is 6.47. The first-order chi connectivity index (χ1) is 17.5. The normalized spacial score (nSPS) is 11.9. The molecule has 0 spiro atoms. The maximum atomic E-state index is 11.9. The van der Waals surface area contributed by atoms with Crippen molar-refractivity contribution in [2.24, 2.45) is 0 Å². The molecule has 0 radical (unpaired) electrons. The highest BCUT2D eigenvalue weighted by atomic mass is 16.3. The van der Waals surface area contributed by atoms with Gasteiger partial charge in [0, 0.05) is 23.4 Å². The predicted octanol–water partition coefficient (Wildman–Crippen LogP) is 5.70. The zero-order chi connectivity index (χ0) is 25.1. The molecule has 0 aliphatic heterocycles. The minimum Gasteiger partial charge on any atom is -0.394 e. The molecule has 0 fully saturated rings. The molecule has 0 aliphatic carbocycles. The molecule has 1 unspecified atom stereocenters. The van der Waals surface area contributed by atoms with Crippen LogP contribution < -0.4 is 10.6 Å². The van der Waals surface area contributed by atoms with Crippen molar-refractivity contribution < 1.29 is 9.90 Å². The summed E-state index contributed by atoms with van der Waals surface area (Å²) in [5, 5.41) is 24.8. The van der Waals surface area contributed by atoms with Gasteiger partial charge in [-0.3, -0.25) is 14.9 Å². The number of amides is 1. The molecule has 1 atom stereocenters. The second-order valence-electron chi connectivity index (χ2n) is 8.71. The lowest BCUT2D eigenvalue weighted by Gasteiger charge is -2.20. The van der Waals surface area contributed by atoms with Crippen LogP contribution in [0.15, 0.2) is 85.1 Å². The molecule has 7 nitrogen and oxygen atoms in total. The van der Waals surface area contributed by atoms with Crippen molar-refractivity contribution in [3.8, 4) is 22.4 Å². The van der Waals surface area contributed by atoms with E-state index in [9.17, 15) is 9.90 Å². The molecule has 0 saturated carbocycles. The number of aryl methyl sites for hydroxylation is 1. The highest BCUT2D eigenvalue weighted by Crippen LogP contribution is 2.38. The second-order valence-corrected chi connectivity index (χ2v) is 8.71. The van der Waals surface area contributed by atoms with Crippen molar-refractivity contribution in [2.75, 3.05) is 17.2 Å². The maximum Gasteiger partial charge on any atom is 0.221 e. The van der Waals surface area contributed by atoms with Crippen LogP contribution in [0.2, 0.25) is 0 Å². The average molecular weight is 478 g/mol. The maximum absolute atomic E-state index is 11.9. The van der Waals surface area contributed by atoms with Gasteiger partial charge in [0.25, 0.3) is 0 Å².